The standard InChI is InChI=1S/C33H27Cl2F3N4O4/c34-24-8-6-20(16-30(24)41(43)44)28-10-11-29(21-7-9-25(35)31(17-21)42(45)46)40(28)23-18-26(36)32(27(37)19-23)39-14-12-33(38,13-15-39)22-4-2-1-3-5-22/h1-9,16-19,28-29H,10-15H2. The molecular weight excluding hydrogens is 644 g/mol. The van der Waals surface area contributed by atoms with E-state index in [9.17, 15) is 20.2 Å². The fourth-order valence-electron chi connectivity index (χ4n) is 6.69. The third-order valence-corrected chi connectivity index (χ3v) is 9.59. The second-order valence-electron chi connectivity index (χ2n) is 11.5. The molecule has 8 nitrogen and oxygen atoms in total. The van der Waals surface area contributed by atoms with Gasteiger partial charge in [-0.2, -0.15) is 0 Å². The molecule has 2 saturated heterocycles. The van der Waals surface area contributed by atoms with Gasteiger partial charge in [0.2, 0.25) is 0 Å². The SMILES string of the molecule is O=[N+]([O-])c1cc(C2CCC(c3ccc(Cl)c([N+](=O)[O-])c3)N2c2cc(F)c(N3CCC(F)(c4ccccc4)CC3)c(F)c2)ccc1Cl. The van der Waals surface area contributed by atoms with Gasteiger partial charge in [0.05, 0.1) is 21.9 Å². The molecule has 13 heteroatoms. The molecule has 0 N–H and O–H groups in total. The Bertz CT molecular complexity index is 1730. The van der Waals surface area contributed by atoms with E-state index >= 15 is 13.2 Å². The maximum atomic E-state index is 16.0. The normalized spacial score (nSPS) is 19.3. The Balaban J connectivity index is 1.37. The minimum absolute atomic E-state index is 0.0542. The van der Waals surface area contributed by atoms with E-state index in [0.717, 1.165) is 0 Å². The van der Waals surface area contributed by atoms with Crippen molar-refractivity contribution in [3.63, 3.8) is 0 Å². The molecule has 6 rings (SSSR count). The van der Waals surface area contributed by atoms with Crippen LogP contribution in [0.25, 0.3) is 0 Å². The van der Waals surface area contributed by atoms with Gasteiger partial charge in [0, 0.05) is 43.8 Å². The van der Waals surface area contributed by atoms with Gasteiger partial charge in [-0.3, -0.25) is 20.2 Å². The van der Waals surface area contributed by atoms with Crippen molar-refractivity contribution in [2.24, 2.45) is 0 Å². The van der Waals surface area contributed by atoms with Crippen LogP contribution in [-0.2, 0) is 5.67 Å². The molecule has 4 aromatic carbocycles. The van der Waals surface area contributed by atoms with Crippen LogP contribution in [-0.4, -0.2) is 22.9 Å². The summed E-state index contributed by atoms with van der Waals surface area (Å²) in [6.07, 6.45) is 0.932. The van der Waals surface area contributed by atoms with Crippen molar-refractivity contribution in [1.82, 2.24) is 0 Å². The number of halogens is 5. The number of hydrogen-bond donors (Lipinski definition) is 0. The predicted molar refractivity (Wildman–Crippen MR) is 170 cm³/mol. The molecule has 4 aromatic rings. The van der Waals surface area contributed by atoms with E-state index in [1.165, 1.54) is 41.3 Å². The molecule has 2 heterocycles. The summed E-state index contributed by atoms with van der Waals surface area (Å²) < 4.78 is 47.7. The molecule has 0 spiro atoms. The molecule has 0 aliphatic carbocycles. The number of alkyl halides is 1. The Kier molecular flexibility index (Phi) is 8.56. The van der Waals surface area contributed by atoms with Crippen molar-refractivity contribution in [3.8, 4) is 0 Å². The molecule has 46 heavy (non-hydrogen) atoms. The van der Waals surface area contributed by atoms with Crippen molar-refractivity contribution in [3.05, 3.63) is 137 Å². The maximum Gasteiger partial charge on any atom is 0.288 e. The molecule has 0 bridgehead atoms. The lowest BCUT2D eigenvalue weighted by molar-refractivity contribution is -0.384. The highest BCUT2D eigenvalue weighted by Gasteiger charge is 2.40. The largest absolute Gasteiger partial charge is 0.367 e. The fraction of sp³-hybridized carbons (Fsp3) is 0.273. The summed E-state index contributed by atoms with van der Waals surface area (Å²) in [5.74, 6) is -1.70. The summed E-state index contributed by atoms with van der Waals surface area (Å²) in [6.45, 7) is 0.187. The van der Waals surface area contributed by atoms with Crippen LogP contribution in [0.15, 0.2) is 78.9 Å². The number of anilines is 2. The first-order valence-electron chi connectivity index (χ1n) is 14.6. The van der Waals surface area contributed by atoms with Crippen molar-refractivity contribution >= 4 is 46.0 Å². The van der Waals surface area contributed by atoms with Crippen LogP contribution in [0.4, 0.5) is 35.9 Å². The number of nitrogens with zero attached hydrogens (tertiary/aromatic N) is 4. The molecule has 2 aliphatic rings. The highest BCUT2D eigenvalue weighted by atomic mass is 35.5. The summed E-state index contributed by atoms with van der Waals surface area (Å²) in [4.78, 5) is 25.3. The van der Waals surface area contributed by atoms with Gasteiger partial charge in [-0.05, 0) is 53.8 Å². The second kappa shape index (κ2) is 12.4. The van der Waals surface area contributed by atoms with Crippen LogP contribution < -0.4 is 9.80 Å². The average molecular weight is 672 g/mol. The Morgan fingerprint density at radius 2 is 1.22 bits per heavy atom. The highest BCUT2D eigenvalue weighted by molar-refractivity contribution is 6.33. The second-order valence-corrected chi connectivity index (χ2v) is 12.3. The molecule has 238 valence electrons. The van der Waals surface area contributed by atoms with Crippen LogP contribution in [0.2, 0.25) is 10.0 Å². The van der Waals surface area contributed by atoms with Gasteiger partial charge in [-0.25, -0.2) is 13.2 Å². The third-order valence-electron chi connectivity index (χ3n) is 8.95. The number of nitro groups is 2. The highest BCUT2D eigenvalue weighted by Crippen LogP contribution is 2.50. The lowest BCUT2D eigenvalue weighted by Crippen LogP contribution is -2.41. The number of rotatable bonds is 7. The van der Waals surface area contributed by atoms with Crippen LogP contribution in [0.5, 0.6) is 0 Å². The summed E-state index contributed by atoms with van der Waals surface area (Å²) >= 11 is 12.1. The van der Waals surface area contributed by atoms with Gasteiger partial charge in [0.15, 0.2) is 11.6 Å². The lowest BCUT2D eigenvalue weighted by Gasteiger charge is -2.38. The number of piperidine rings is 1. The zero-order chi connectivity index (χ0) is 32.7. The van der Waals surface area contributed by atoms with Crippen LogP contribution in [0.1, 0.15) is 54.5 Å². The monoisotopic (exact) mass is 670 g/mol. The minimum Gasteiger partial charge on any atom is -0.367 e. The predicted octanol–water partition coefficient (Wildman–Crippen LogP) is 9.64. The van der Waals surface area contributed by atoms with E-state index in [1.807, 2.05) is 0 Å². The fourth-order valence-corrected chi connectivity index (χ4v) is 7.07. The number of nitro benzene ring substituents is 2. The van der Waals surface area contributed by atoms with Crippen molar-refractivity contribution in [1.29, 1.82) is 0 Å². The molecule has 2 aliphatic heterocycles. The maximum absolute atomic E-state index is 16.0. The Morgan fingerprint density at radius 1 is 0.739 bits per heavy atom. The van der Waals surface area contributed by atoms with Crippen molar-refractivity contribution < 1.29 is 23.0 Å². The van der Waals surface area contributed by atoms with Gasteiger partial charge >= 0.3 is 0 Å². The molecule has 0 saturated carbocycles. The average Bonchev–Trinajstić information content (AvgIpc) is 3.47. The first kappa shape index (κ1) is 31.6. The zero-order valence-corrected chi connectivity index (χ0v) is 25.7. The Hall–Kier alpha value is -4.35. The summed E-state index contributed by atoms with van der Waals surface area (Å²) in [6, 6.07) is 18.6. The van der Waals surface area contributed by atoms with Gasteiger partial charge in [-0.1, -0.05) is 65.7 Å². The number of benzene rings is 4. The molecule has 0 amide bonds. The topological polar surface area (TPSA) is 92.8 Å². The summed E-state index contributed by atoms with van der Waals surface area (Å²) in [5.41, 5.74) is -0.863. The van der Waals surface area contributed by atoms with Crippen LogP contribution in [0.3, 0.4) is 0 Å². The molecular formula is C33H27Cl2F3N4O4. The van der Waals surface area contributed by atoms with Gasteiger partial charge < -0.3 is 9.80 Å². The van der Waals surface area contributed by atoms with Gasteiger partial charge in [-0.15, -0.1) is 0 Å². The van der Waals surface area contributed by atoms with Gasteiger partial charge in [0.25, 0.3) is 11.4 Å². The van der Waals surface area contributed by atoms with Crippen LogP contribution >= 0.6 is 23.2 Å². The van der Waals surface area contributed by atoms with Gasteiger partial charge in [0.1, 0.15) is 21.4 Å². The smallest absolute Gasteiger partial charge is 0.288 e. The van der Waals surface area contributed by atoms with Crippen LogP contribution in [0, 0.1) is 31.9 Å². The Labute approximate surface area is 272 Å². The van der Waals surface area contributed by atoms with E-state index < -0.39 is 39.2 Å². The molecule has 0 radical (unpaired) electrons. The van der Waals surface area contributed by atoms with E-state index in [-0.39, 0.29) is 58.7 Å². The van der Waals surface area contributed by atoms with E-state index in [0.29, 0.717) is 29.5 Å². The third kappa shape index (κ3) is 5.85. The minimum atomic E-state index is -1.61. The first-order valence-corrected chi connectivity index (χ1v) is 15.4. The quantitative estimate of drug-likeness (QED) is 0.144. The zero-order valence-electron chi connectivity index (χ0n) is 24.2. The molecule has 2 atom stereocenters. The molecule has 2 fully saturated rings. The van der Waals surface area contributed by atoms with Crippen molar-refractivity contribution in [2.45, 2.75) is 43.4 Å². The lowest BCUT2D eigenvalue weighted by atomic mass is 9.86. The summed E-state index contributed by atoms with van der Waals surface area (Å²) in [5, 5.41) is 23.2. The van der Waals surface area contributed by atoms with E-state index in [4.69, 9.17) is 23.2 Å². The van der Waals surface area contributed by atoms with E-state index in [2.05, 4.69) is 0 Å². The van der Waals surface area contributed by atoms with Crippen molar-refractivity contribution in [2.75, 3.05) is 22.9 Å². The molecule has 2 unspecified atom stereocenters. The Morgan fingerprint density at radius 3 is 1.67 bits per heavy atom. The molecule has 0 aromatic heterocycles. The summed E-state index contributed by atoms with van der Waals surface area (Å²) in [7, 11) is 0. The van der Waals surface area contributed by atoms with E-state index in [1.54, 1.807) is 47.4 Å². The first-order chi connectivity index (χ1) is 22.0. The number of hydrogen-bond acceptors (Lipinski definition) is 6.